The van der Waals surface area contributed by atoms with Gasteiger partial charge in [-0.25, -0.2) is 0 Å². The Labute approximate surface area is 157 Å². The Balaban J connectivity index is 2.29. The van der Waals surface area contributed by atoms with Gasteiger partial charge in [-0.05, 0) is 66.5 Å². The van der Waals surface area contributed by atoms with Crippen LogP contribution in [-0.4, -0.2) is 19.1 Å². The highest BCUT2D eigenvalue weighted by Gasteiger charge is 2.24. The van der Waals surface area contributed by atoms with Gasteiger partial charge in [0.25, 0.3) is 5.91 Å². The first-order valence-electron chi connectivity index (χ1n) is 9.48. The fourth-order valence-electron chi connectivity index (χ4n) is 3.58. The van der Waals surface area contributed by atoms with Crippen LogP contribution in [0.4, 0.5) is 0 Å². The van der Waals surface area contributed by atoms with E-state index in [1.807, 2.05) is 19.1 Å². The molecule has 4 heteroatoms. The number of nitrogens with one attached hydrogen (secondary N) is 1. The summed E-state index contributed by atoms with van der Waals surface area (Å²) >= 11 is 0. The first-order chi connectivity index (χ1) is 12.4. The Morgan fingerprint density at radius 3 is 2.62 bits per heavy atom. The zero-order valence-corrected chi connectivity index (χ0v) is 16.6. The maximum Gasteiger partial charge on any atom is 0.262 e. The summed E-state index contributed by atoms with van der Waals surface area (Å²) in [6, 6.07) is 6.23. The predicted molar refractivity (Wildman–Crippen MR) is 105 cm³/mol. The van der Waals surface area contributed by atoms with Crippen molar-refractivity contribution >= 4 is 12.0 Å². The largest absolute Gasteiger partial charge is 0.496 e. The van der Waals surface area contributed by atoms with E-state index in [2.05, 4.69) is 32.2 Å². The molecule has 0 heterocycles. The lowest BCUT2D eigenvalue weighted by Crippen LogP contribution is -2.41. The number of carbonyl (C=O) groups is 1. The molecule has 0 bridgehead atoms. The van der Waals surface area contributed by atoms with Crippen LogP contribution in [0.2, 0.25) is 0 Å². The summed E-state index contributed by atoms with van der Waals surface area (Å²) in [4.78, 5) is 12.6. The van der Waals surface area contributed by atoms with Gasteiger partial charge in [0.2, 0.25) is 0 Å². The van der Waals surface area contributed by atoms with Crippen LogP contribution in [-0.2, 0) is 4.79 Å². The van der Waals surface area contributed by atoms with Crippen LogP contribution in [0.1, 0.15) is 69.1 Å². The Hall–Kier alpha value is -2.28. The van der Waals surface area contributed by atoms with E-state index in [1.165, 1.54) is 6.42 Å². The van der Waals surface area contributed by atoms with E-state index in [0.717, 1.165) is 41.7 Å². The third kappa shape index (κ3) is 4.66. The lowest BCUT2D eigenvalue weighted by atomic mass is 9.86. The van der Waals surface area contributed by atoms with E-state index in [4.69, 9.17) is 4.74 Å². The second kappa shape index (κ2) is 8.89. The predicted octanol–water partition coefficient (Wildman–Crippen LogP) is 4.73. The monoisotopic (exact) mass is 354 g/mol. The maximum atomic E-state index is 12.6. The summed E-state index contributed by atoms with van der Waals surface area (Å²) in [5.41, 5.74) is 3.10. The van der Waals surface area contributed by atoms with Gasteiger partial charge in [0.05, 0.1) is 7.11 Å². The van der Waals surface area contributed by atoms with Crippen molar-refractivity contribution in [2.24, 2.45) is 5.92 Å². The van der Waals surface area contributed by atoms with Crippen molar-refractivity contribution in [2.75, 3.05) is 7.11 Å². The highest BCUT2D eigenvalue weighted by molar-refractivity contribution is 6.02. The van der Waals surface area contributed by atoms with Gasteiger partial charge >= 0.3 is 0 Å². The summed E-state index contributed by atoms with van der Waals surface area (Å²) in [7, 11) is 1.66. The van der Waals surface area contributed by atoms with Crippen molar-refractivity contribution in [3.8, 4) is 11.8 Å². The zero-order valence-electron chi connectivity index (χ0n) is 16.6. The summed E-state index contributed by atoms with van der Waals surface area (Å²) < 4.78 is 5.47. The standard InChI is InChI=1S/C22H30N2O2/c1-14(2)19-12-17(16(4)10-21(19)26-5)11-18(13-23)22(25)24-20-9-7-6-8-15(20)3/h10-12,14-15,20H,6-9H2,1-5H3,(H,24,25)/b18-11+/t15-,20+/m0/s1. The number of hydrogen-bond donors (Lipinski definition) is 1. The number of aryl methyl sites for hydroxylation is 1. The molecule has 1 amide bonds. The Bertz CT molecular complexity index is 728. The molecule has 1 aliphatic rings. The Morgan fingerprint density at radius 1 is 1.35 bits per heavy atom. The van der Waals surface area contributed by atoms with Gasteiger partial charge in [-0.15, -0.1) is 0 Å². The first kappa shape index (κ1) is 20.0. The molecule has 1 aliphatic carbocycles. The fourth-order valence-corrected chi connectivity index (χ4v) is 3.58. The summed E-state index contributed by atoms with van der Waals surface area (Å²) in [6.07, 6.45) is 6.17. The number of ether oxygens (including phenoxy) is 1. The molecular formula is C22H30N2O2. The average Bonchev–Trinajstić information content (AvgIpc) is 2.61. The highest BCUT2D eigenvalue weighted by Crippen LogP contribution is 2.30. The van der Waals surface area contributed by atoms with Gasteiger partial charge in [-0.2, -0.15) is 5.26 Å². The third-order valence-corrected chi connectivity index (χ3v) is 5.33. The Kier molecular flexibility index (Phi) is 6.85. The number of nitriles is 1. The molecule has 0 saturated heterocycles. The molecule has 0 unspecified atom stereocenters. The van der Waals surface area contributed by atoms with Crippen LogP contribution in [0.15, 0.2) is 17.7 Å². The van der Waals surface area contributed by atoms with E-state index >= 15 is 0 Å². The van der Waals surface area contributed by atoms with Gasteiger partial charge in [-0.1, -0.05) is 33.6 Å². The van der Waals surface area contributed by atoms with Crippen LogP contribution >= 0.6 is 0 Å². The summed E-state index contributed by atoms with van der Waals surface area (Å²) in [5, 5.41) is 12.6. The minimum absolute atomic E-state index is 0.158. The lowest BCUT2D eigenvalue weighted by Gasteiger charge is -2.29. The quantitative estimate of drug-likeness (QED) is 0.614. The van der Waals surface area contributed by atoms with Crippen molar-refractivity contribution in [2.45, 2.75) is 65.3 Å². The summed E-state index contributed by atoms with van der Waals surface area (Å²) in [6.45, 7) is 8.34. The van der Waals surface area contributed by atoms with E-state index < -0.39 is 0 Å². The number of methoxy groups -OCH3 is 1. The lowest BCUT2D eigenvalue weighted by molar-refractivity contribution is -0.118. The fraction of sp³-hybridized carbons (Fsp3) is 0.545. The molecule has 1 aromatic rings. The van der Waals surface area contributed by atoms with Gasteiger partial charge in [-0.3, -0.25) is 4.79 Å². The first-order valence-corrected chi connectivity index (χ1v) is 9.48. The molecule has 1 saturated carbocycles. The van der Waals surface area contributed by atoms with Gasteiger partial charge in [0, 0.05) is 6.04 Å². The zero-order chi connectivity index (χ0) is 19.3. The van der Waals surface area contributed by atoms with Crippen molar-refractivity contribution in [3.05, 3.63) is 34.4 Å². The average molecular weight is 354 g/mol. The molecule has 140 valence electrons. The Morgan fingerprint density at radius 2 is 2.04 bits per heavy atom. The second-order valence-electron chi connectivity index (χ2n) is 7.62. The smallest absolute Gasteiger partial charge is 0.262 e. The minimum atomic E-state index is -0.271. The second-order valence-corrected chi connectivity index (χ2v) is 7.62. The summed E-state index contributed by atoms with van der Waals surface area (Å²) in [5.74, 6) is 1.32. The molecular weight excluding hydrogens is 324 g/mol. The SMILES string of the molecule is COc1cc(C)c(/C=C(\C#N)C(=O)N[C@@H]2CCCC[C@@H]2C)cc1C(C)C. The molecule has 2 atom stereocenters. The van der Waals surface area contributed by atoms with E-state index in [-0.39, 0.29) is 17.5 Å². The van der Waals surface area contributed by atoms with Gasteiger partial charge in [0.1, 0.15) is 17.4 Å². The van der Waals surface area contributed by atoms with Gasteiger partial charge in [0.15, 0.2) is 0 Å². The van der Waals surface area contributed by atoms with Crippen LogP contribution in [0.25, 0.3) is 6.08 Å². The number of rotatable bonds is 5. The number of benzene rings is 1. The molecule has 0 spiro atoms. The highest BCUT2D eigenvalue weighted by atomic mass is 16.5. The molecule has 4 nitrogen and oxygen atoms in total. The topological polar surface area (TPSA) is 62.1 Å². The molecule has 26 heavy (non-hydrogen) atoms. The molecule has 0 aliphatic heterocycles. The van der Waals surface area contributed by atoms with E-state index in [0.29, 0.717) is 11.8 Å². The van der Waals surface area contributed by atoms with E-state index in [9.17, 15) is 10.1 Å². The van der Waals surface area contributed by atoms with Crippen molar-refractivity contribution in [3.63, 3.8) is 0 Å². The van der Waals surface area contributed by atoms with Crippen LogP contribution in [0.3, 0.4) is 0 Å². The maximum absolute atomic E-state index is 12.6. The minimum Gasteiger partial charge on any atom is -0.496 e. The molecule has 1 aromatic carbocycles. The normalized spacial score (nSPS) is 20.6. The molecule has 1 N–H and O–H groups in total. The van der Waals surface area contributed by atoms with Gasteiger partial charge < -0.3 is 10.1 Å². The molecule has 1 fully saturated rings. The molecule has 0 aromatic heterocycles. The van der Waals surface area contributed by atoms with Crippen molar-refractivity contribution in [1.82, 2.24) is 5.32 Å². The van der Waals surface area contributed by atoms with Crippen LogP contribution < -0.4 is 10.1 Å². The third-order valence-electron chi connectivity index (χ3n) is 5.33. The van der Waals surface area contributed by atoms with E-state index in [1.54, 1.807) is 13.2 Å². The van der Waals surface area contributed by atoms with Crippen molar-refractivity contribution < 1.29 is 9.53 Å². The van der Waals surface area contributed by atoms with Crippen molar-refractivity contribution in [1.29, 1.82) is 5.26 Å². The van der Waals surface area contributed by atoms with Crippen LogP contribution in [0.5, 0.6) is 5.75 Å². The number of amides is 1. The van der Waals surface area contributed by atoms with Crippen LogP contribution in [0, 0.1) is 24.2 Å². The molecule has 0 radical (unpaired) electrons. The number of hydrogen-bond acceptors (Lipinski definition) is 3. The molecule has 2 rings (SSSR count). The number of carbonyl (C=O) groups excluding carboxylic acids is 1. The number of nitrogens with zero attached hydrogens (tertiary/aromatic N) is 1.